The van der Waals surface area contributed by atoms with Crippen molar-refractivity contribution in [3.05, 3.63) is 45.0 Å². The molecule has 0 radical (unpaired) electrons. The van der Waals surface area contributed by atoms with Gasteiger partial charge < -0.3 is 20.0 Å². The molecule has 1 aromatic carbocycles. The van der Waals surface area contributed by atoms with Crippen LogP contribution >= 0.6 is 0 Å². The standard InChI is InChI=1S/C24H36N4O4/c29-19(15-25-11-5-1-6-12-25)17-27-21-9-3-4-10-22(21)28(24(32)23(27)31)18-20(30)16-26-13-7-2-8-14-26/h3-4,9-10,19-20,29-30H,1-2,5-8,11-18H2. The van der Waals surface area contributed by atoms with Gasteiger partial charge in [0, 0.05) is 13.1 Å². The number of rotatable bonds is 8. The molecular formula is C24H36N4O4. The molecule has 2 N–H and O–H groups in total. The number of fused-ring (bicyclic) bond motifs is 1. The summed E-state index contributed by atoms with van der Waals surface area (Å²) in [6.07, 6.45) is 5.51. The molecule has 8 heteroatoms. The van der Waals surface area contributed by atoms with Crippen LogP contribution in [-0.2, 0) is 13.1 Å². The largest absolute Gasteiger partial charge is 0.390 e. The Kier molecular flexibility index (Phi) is 7.78. The number of para-hydroxylation sites is 2. The molecule has 2 aliphatic rings. The highest BCUT2D eigenvalue weighted by atomic mass is 16.3. The molecule has 0 spiro atoms. The molecule has 2 fully saturated rings. The summed E-state index contributed by atoms with van der Waals surface area (Å²) in [5, 5.41) is 21.3. The zero-order valence-electron chi connectivity index (χ0n) is 18.9. The van der Waals surface area contributed by atoms with E-state index in [1.54, 1.807) is 12.1 Å². The topological polar surface area (TPSA) is 90.9 Å². The van der Waals surface area contributed by atoms with E-state index in [9.17, 15) is 19.8 Å². The number of piperidine rings is 2. The van der Waals surface area contributed by atoms with E-state index in [0.717, 1.165) is 51.9 Å². The maximum atomic E-state index is 13.0. The quantitative estimate of drug-likeness (QED) is 0.587. The van der Waals surface area contributed by atoms with Crippen LogP contribution < -0.4 is 11.1 Å². The molecule has 2 aliphatic heterocycles. The Morgan fingerprint density at radius 2 is 1.00 bits per heavy atom. The van der Waals surface area contributed by atoms with E-state index in [0.29, 0.717) is 24.1 Å². The first-order chi connectivity index (χ1) is 15.5. The van der Waals surface area contributed by atoms with Crippen molar-refractivity contribution in [2.75, 3.05) is 39.3 Å². The average Bonchev–Trinajstić information content (AvgIpc) is 2.81. The van der Waals surface area contributed by atoms with Gasteiger partial charge in [-0.1, -0.05) is 25.0 Å². The van der Waals surface area contributed by atoms with Gasteiger partial charge in [0.05, 0.1) is 36.3 Å². The van der Waals surface area contributed by atoms with Crippen molar-refractivity contribution in [2.45, 2.75) is 63.8 Å². The maximum Gasteiger partial charge on any atom is 0.317 e. The SMILES string of the molecule is O=c1c(=O)n(CC(O)CN2CCCCC2)c2ccccc2n1CC(O)CN1CCCCC1. The molecule has 0 saturated carbocycles. The average molecular weight is 445 g/mol. The van der Waals surface area contributed by atoms with Gasteiger partial charge in [0.1, 0.15) is 0 Å². The molecule has 0 bridgehead atoms. The van der Waals surface area contributed by atoms with Gasteiger partial charge in [0.25, 0.3) is 0 Å². The van der Waals surface area contributed by atoms with Gasteiger partial charge in [-0.3, -0.25) is 18.7 Å². The van der Waals surface area contributed by atoms with E-state index >= 15 is 0 Å². The van der Waals surface area contributed by atoms with Crippen LogP contribution in [0.25, 0.3) is 11.0 Å². The van der Waals surface area contributed by atoms with Crippen molar-refractivity contribution >= 4 is 11.0 Å². The second-order valence-electron chi connectivity index (χ2n) is 9.35. The second-order valence-corrected chi connectivity index (χ2v) is 9.35. The van der Waals surface area contributed by atoms with Crippen LogP contribution in [0.5, 0.6) is 0 Å². The Bertz CT molecular complexity index is 925. The van der Waals surface area contributed by atoms with Gasteiger partial charge in [0.15, 0.2) is 0 Å². The summed E-state index contributed by atoms with van der Waals surface area (Å²) < 4.78 is 2.81. The predicted molar refractivity (Wildman–Crippen MR) is 125 cm³/mol. The number of benzene rings is 1. The molecule has 1 aromatic heterocycles. The number of likely N-dealkylation sites (tertiary alicyclic amines) is 2. The summed E-state index contributed by atoms with van der Waals surface area (Å²) in [5.41, 5.74) is -0.0712. The van der Waals surface area contributed by atoms with Crippen molar-refractivity contribution in [1.82, 2.24) is 18.9 Å². The van der Waals surface area contributed by atoms with Gasteiger partial charge in [0.2, 0.25) is 0 Å². The van der Waals surface area contributed by atoms with Crippen molar-refractivity contribution in [1.29, 1.82) is 0 Å². The first-order valence-corrected chi connectivity index (χ1v) is 12.1. The molecule has 2 saturated heterocycles. The van der Waals surface area contributed by atoms with Crippen LogP contribution in [0, 0.1) is 0 Å². The Morgan fingerprint density at radius 1 is 0.625 bits per heavy atom. The zero-order valence-corrected chi connectivity index (χ0v) is 18.9. The molecule has 0 amide bonds. The number of hydrogen-bond donors (Lipinski definition) is 2. The van der Waals surface area contributed by atoms with E-state index in [2.05, 4.69) is 9.80 Å². The summed E-state index contributed by atoms with van der Waals surface area (Å²) in [5.74, 6) is 0. The van der Waals surface area contributed by atoms with Crippen molar-refractivity contribution in [2.24, 2.45) is 0 Å². The maximum absolute atomic E-state index is 13.0. The lowest BCUT2D eigenvalue weighted by Gasteiger charge is -2.29. The number of β-amino-alcohol motifs (C(OH)–C–C–N with tert-alkyl or cyclic N) is 2. The Labute approximate surface area is 188 Å². The summed E-state index contributed by atoms with van der Waals surface area (Å²) in [6, 6.07) is 7.26. The minimum absolute atomic E-state index is 0.0856. The molecule has 176 valence electrons. The monoisotopic (exact) mass is 444 g/mol. The fraction of sp³-hybridized carbons (Fsp3) is 0.667. The third-order valence-electron chi connectivity index (χ3n) is 6.76. The smallest absolute Gasteiger partial charge is 0.317 e. The van der Waals surface area contributed by atoms with E-state index in [1.165, 1.54) is 22.0 Å². The summed E-state index contributed by atoms with van der Waals surface area (Å²) in [7, 11) is 0. The number of nitrogens with zero attached hydrogens (tertiary/aromatic N) is 4. The van der Waals surface area contributed by atoms with Crippen molar-refractivity contribution < 1.29 is 10.2 Å². The molecular weight excluding hydrogens is 408 g/mol. The highest BCUT2D eigenvalue weighted by Crippen LogP contribution is 2.14. The Hall–Kier alpha value is -2.00. The third kappa shape index (κ3) is 5.49. The summed E-state index contributed by atoms with van der Waals surface area (Å²) in [4.78, 5) is 30.5. The third-order valence-corrected chi connectivity index (χ3v) is 6.76. The molecule has 32 heavy (non-hydrogen) atoms. The van der Waals surface area contributed by atoms with Crippen LogP contribution in [0.15, 0.2) is 33.9 Å². The lowest BCUT2D eigenvalue weighted by Crippen LogP contribution is -2.47. The van der Waals surface area contributed by atoms with Crippen molar-refractivity contribution in [3.63, 3.8) is 0 Å². The van der Waals surface area contributed by atoms with Crippen LogP contribution in [0.3, 0.4) is 0 Å². The Balaban J connectivity index is 1.55. The van der Waals surface area contributed by atoms with Crippen LogP contribution in [0.1, 0.15) is 38.5 Å². The van der Waals surface area contributed by atoms with Crippen molar-refractivity contribution in [3.8, 4) is 0 Å². The van der Waals surface area contributed by atoms with Gasteiger partial charge in [-0.25, -0.2) is 0 Å². The highest BCUT2D eigenvalue weighted by molar-refractivity contribution is 5.75. The predicted octanol–water partition coefficient (Wildman–Crippen LogP) is 0.857. The van der Waals surface area contributed by atoms with Gasteiger partial charge >= 0.3 is 11.1 Å². The number of aliphatic hydroxyl groups excluding tert-OH is 2. The minimum Gasteiger partial charge on any atom is -0.390 e. The van der Waals surface area contributed by atoms with Gasteiger partial charge in [-0.2, -0.15) is 0 Å². The molecule has 0 aliphatic carbocycles. The van der Waals surface area contributed by atoms with E-state index in [4.69, 9.17) is 0 Å². The molecule has 2 unspecified atom stereocenters. The van der Waals surface area contributed by atoms with E-state index in [1.807, 2.05) is 12.1 Å². The molecule has 3 heterocycles. The zero-order chi connectivity index (χ0) is 22.5. The number of aromatic nitrogens is 2. The Morgan fingerprint density at radius 3 is 1.38 bits per heavy atom. The fourth-order valence-corrected chi connectivity index (χ4v) is 5.15. The van der Waals surface area contributed by atoms with Crippen LogP contribution in [0.4, 0.5) is 0 Å². The molecule has 8 nitrogen and oxygen atoms in total. The fourth-order valence-electron chi connectivity index (χ4n) is 5.15. The molecule has 4 rings (SSSR count). The second kappa shape index (κ2) is 10.7. The van der Waals surface area contributed by atoms with E-state index in [-0.39, 0.29) is 13.1 Å². The van der Waals surface area contributed by atoms with Gasteiger partial charge in [-0.05, 0) is 64.0 Å². The summed E-state index contributed by atoms with van der Waals surface area (Å²) in [6.45, 7) is 5.01. The van der Waals surface area contributed by atoms with Crippen LogP contribution in [-0.4, -0.2) is 80.6 Å². The lowest BCUT2D eigenvalue weighted by molar-refractivity contribution is 0.0860. The van der Waals surface area contributed by atoms with Gasteiger partial charge in [-0.15, -0.1) is 0 Å². The van der Waals surface area contributed by atoms with Crippen LogP contribution in [0.2, 0.25) is 0 Å². The first-order valence-electron chi connectivity index (χ1n) is 12.1. The summed E-state index contributed by atoms with van der Waals surface area (Å²) >= 11 is 0. The lowest BCUT2D eigenvalue weighted by atomic mass is 10.1. The first kappa shape index (κ1) is 23.2. The number of hydrogen-bond acceptors (Lipinski definition) is 6. The molecule has 2 atom stereocenters. The van der Waals surface area contributed by atoms with E-state index < -0.39 is 23.3 Å². The number of aliphatic hydroxyl groups is 2. The highest BCUT2D eigenvalue weighted by Gasteiger charge is 2.21. The minimum atomic E-state index is -0.728. The molecule has 2 aromatic rings. The normalized spacial score (nSPS) is 20.4.